The minimum Gasteiger partial charge on any atom is -0.478 e. The van der Waals surface area contributed by atoms with E-state index in [1.54, 1.807) is 18.2 Å². The number of ether oxygens (including phenoxy) is 1. The number of aliphatic hydroxyl groups excluding tert-OH is 7. The van der Waals surface area contributed by atoms with Crippen molar-refractivity contribution in [2.75, 3.05) is 58.6 Å². The van der Waals surface area contributed by atoms with Gasteiger partial charge in [-0.1, -0.05) is 18.7 Å². The maximum atomic E-state index is 11.0. The molecule has 33 heavy (non-hydrogen) atoms. The summed E-state index contributed by atoms with van der Waals surface area (Å²) >= 11 is 0. The number of rotatable bonds is 11. The summed E-state index contributed by atoms with van der Waals surface area (Å²) in [5.41, 5.74) is 3.74. The molecule has 0 aliphatic carbocycles. The lowest BCUT2D eigenvalue weighted by atomic mass is 9.93. The van der Waals surface area contributed by atoms with Gasteiger partial charge in [-0.3, -0.25) is 0 Å². The summed E-state index contributed by atoms with van der Waals surface area (Å²) < 4.78 is 4.72. The van der Waals surface area contributed by atoms with Gasteiger partial charge in [0.2, 0.25) is 0 Å². The summed E-state index contributed by atoms with van der Waals surface area (Å²) in [4.78, 5) is 21.3. The summed E-state index contributed by atoms with van der Waals surface area (Å²) in [5.74, 6) is -1.59. The average molecular weight is 478 g/mol. The van der Waals surface area contributed by atoms with Crippen molar-refractivity contribution in [2.24, 2.45) is 10.8 Å². The second kappa shape index (κ2) is 17.0. The molecule has 12 heteroatoms. The number of carbonyl (C=O) groups is 2. The first kappa shape index (κ1) is 32.6. The third-order valence-electron chi connectivity index (χ3n) is 4.40. The van der Waals surface area contributed by atoms with Gasteiger partial charge in [0.05, 0.1) is 62.6 Å². The Morgan fingerprint density at radius 2 is 1.24 bits per heavy atom. The molecule has 0 bridgehead atoms. The van der Waals surface area contributed by atoms with Gasteiger partial charge in [0.25, 0.3) is 0 Å². The van der Waals surface area contributed by atoms with Crippen molar-refractivity contribution in [2.45, 2.75) is 6.92 Å². The van der Waals surface area contributed by atoms with Gasteiger partial charge in [0.1, 0.15) is 6.61 Å². The van der Waals surface area contributed by atoms with Crippen LogP contribution in [0.15, 0.2) is 36.4 Å². The summed E-state index contributed by atoms with van der Waals surface area (Å²) in [5, 5.41) is 69.2. The van der Waals surface area contributed by atoms with Gasteiger partial charge in [-0.15, -0.1) is 0 Å². The van der Waals surface area contributed by atoms with E-state index < -0.39 is 69.0 Å². The standard InChI is InChI=1S/C9H16O5.C7H7NO2.C5H12O4/c1-7(2)8(13)14-6-9(3-10,4-11)5-12;8-6-4-2-1-3-5(6)7(9)10;6-1-5(2-7,3-8)4-9/h10-12H,1,3-6H2,2H3;1-4H,8H2,(H,9,10);6-9H,1-4H2. The third-order valence-corrected chi connectivity index (χ3v) is 4.40. The average Bonchev–Trinajstić information content (AvgIpc) is 2.83. The number of nitrogens with two attached hydrogens (primary N) is 1. The lowest BCUT2D eigenvalue weighted by Crippen LogP contribution is -2.39. The Bertz CT molecular complexity index is 690. The molecule has 10 N–H and O–H groups in total. The van der Waals surface area contributed by atoms with Crippen molar-refractivity contribution in [3.05, 3.63) is 42.0 Å². The zero-order chi connectivity index (χ0) is 26.1. The van der Waals surface area contributed by atoms with Crippen molar-refractivity contribution in [1.29, 1.82) is 0 Å². The molecule has 0 radical (unpaired) electrons. The van der Waals surface area contributed by atoms with Gasteiger partial charge in [0, 0.05) is 11.3 Å². The van der Waals surface area contributed by atoms with Crippen LogP contribution in [0.1, 0.15) is 17.3 Å². The van der Waals surface area contributed by atoms with Gasteiger partial charge in [-0.2, -0.15) is 0 Å². The highest BCUT2D eigenvalue weighted by Crippen LogP contribution is 2.15. The molecule has 0 saturated carbocycles. The van der Waals surface area contributed by atoms with Crippen molar-refractivity contribution >= 4 is 17.6 Å². The topological polar surface area (TPSA) is 231 Å². The fourth-order valence-corrected chi connectivity index (χ4v) is 1.62. The normalized spacial score (nSPS) is 10.8. The van der Waals surface area contributed by atoms with E-state index in [1.165, 1.54) is 13.0 Å². The molecule has 0 atom stereocenters. The Morgan fingerprint density at radius 3 is 1.48 bits per heavy atom. The van der Waals surface area contributed by atoms with Crippen LogP contribution in [-0.4, -0.2) is 106 Å². The van der Waals surface area contributed by atoms with Crippen LogP contribution in [0.4, 0.5) is 5.69 Å². The molecule has 0 aromatic heterocycles. The number of hydrogen-bond acceptors (Lipinski definition) is 11. The number of aliphatic hydroxyl groups is 7. The van der Waals surface area contributed by atoms with Gasteiger partial charge < -0.3 is 51.3 Å². The minimum atomic E-state index is -1.18. The number of para-hydroxylation sites is 1. The van der Waals surface area contributed by atoms with Crippen LogP contribution in [0, 0.1) is 10.8 Å². The Balaban J connectivity index is 0. The van der Waals surface area contributed by atoms with Gasteiger partial charge in [-0.25, -0.2) is 9.59 Å². The lowest BCUT2D eigenvalue weighted by Gasteiger charge is -2.26. The van der Waals surface area contributed by atoms with Gasteiger partial charge in [-0.05, 0) is 19.1 Å². The van der Waals surface area contributed by atoms with Crippen molar-refractivity contribution in [3.63, 3.8) is 0 Å². The number of esters is 1. The maximum absolute atomic E-state index is 11.0. The second-order valence-corrected chi connectivity index (χ2v) is 7.36. The van der Waals surface area contributed by atoms with E-state index in [4.69, 9.17) is 51.3 Å². The SMILES string of the molecule is C=C(C)C(=O)OCC(CO)(CO)CO.Nc1ccccc1C(=O)O.OCC(CO)(CO)CO. The summed E-state index contributed by atoms with van der Waals surface area (Å²) in [7, 11) is 0. The van der Waals surface area contributed by atoms with Crippen molar-refractivity contribution in [3.8, 4) is 0 Å². The van der Waals surface area contributed by atoms with E-state index in [1.807, 2.05) is 0 Å². The van der Waals surface area contributed by atoms with E-state index in [9.17, 15) is 9.59 Å². The molecule has 0 aliphatic rings. The van der Waals surface area contributed by atoms with Crippen molar-refractivity contribution in [1.82, 2.24) is 0 Å². The number of benzene rings is 1. The minimum absolute atomic E-state index is 0.155. The molecule has 0 amide bonds. The van der Waals surface area contributed by atoms with Crippen LogP contribution in [-0.2, 0) is 9.53 Å². The number of nitrogen functional groups attached to an aromatic ring is 1. The second-order valence-electron chi connectivity index (χ2n) is 7.36. The van der Waals surface area contributed by atoms with E-state index in [0.717, 1.165) is 0 Å². The Hall–Kier alpha value is -2.58. The molecule has 0 spiro atoms. The molecule has 1 rings (SSSR count). The predicted molar refractivity (Wildman–Crippen MR) is 118 cm³/mol. The van der Waals surface area contributed by atoms with Crippen LogP contribution >= 0.6 is 0 Å². The van der Waals surface area contributed by atoms with Crippen LogP contribution in [0.3, 0.4) is 0 Å². The highest BCUT2D eigenvalue weighted by molar-refractivity contribution is 5.93. The number of carboxylic acids is 1. The molecule has 0 unspecified atom stereocenters. The number of hydrogen-bond donors (Lipinski definition) is 9. The van der Waals surface area contributed by atoms with Crippen LogP contribution in [0.2, 0.25) is 0 Å². The molecular weight excluding hydrogens is 442 g/mol. The summed E-state index contributed by atoms with van der Waals surface area (Å²) in [6, 6.07) is 6.36. The third kappa shape index (κ3) is 11.7. The van der Waals surface area contributed by atoms with E-state index in [2.05, 4.69) is 6.58 Å². The Kier molecular flexibility index (Phi) is 16.8. The number of carbonyl (C=O) groups excluding carboxylic acids is 1. The molecule has 190 valence electrons. The highest BCUT2D eigenvalue weighted by Gasteiger charge is 2.30. The molecule has 0 saturated heterocycles. The molecule has 0 fully saturated rings. The first-order chi connectivity index (χ1) is 15.5. The van der Waals surface area contributed by atoms with Crippen molar-refractivity contribution < 1.29 is 55.2 Å². The van der Waals surface area contributed by atoms with Gasteiger partial charge in [0.15, 0.2) is 0 Å². The fourth-order valence-electron chi connectivity index (χ4n) is 1.62. The predicted octanol–water partition coefficient (Wildman–Crippen LogP) is -2.02. The van der Waals surface area contributed by atoms with Crippen LogP contribution in [0.25, 0.3) is 0 Å². The van der Waals surface area contributed by atoms with Crippen LogP contribution in [0.5, 0.6) is 0 Å². The summed E-state index contributed by atoms with van der Waals surface area (Å²) in [6.45, 7) is 1.63. The molecule has 1 aromatic carbocycles. The zero-order valence-corrected chi connectivity index (χ0v) is 18.6. The fraction of sp³-hybridized carbons (Fsp3) is 0.524. The molecule has 1 aromatic rings. The first-order valence-corrected chi connectivity index (χ1v) is 9.64. The number of anilines is 1. The smallest absolute Gasteiger partial charge is 0.337 e. The lowest BCUT2D eigenvalue weighted by molar-refractivity contribution is -0.146. The van der Waals surface area contributed by atoms with E-state index >= 15 is 0 Å². The summed E-state index contributed by atoms with van der Waals surface area (Å²) in [6.07, 6.45) is 0. The highest BCUT2D eigenvalue weighted by atomic mass is 16.5. The largest absolute Gasteiger partial charge is 0.478 e. The maximum Gasteiger partial charge on any atom is 0.337 e. The number of carboxylic acid groups (broad SMARTS) is 1. The Morgan fingerprint density at radius 1 is 0.848 bits per heavy atom. The molecule has 0 aliphatic heterocycles. The first-order valence-electron chi connectivity index (χ1n) is 9.64. The molecular formula is C21H35NO11. The van der Waals surface area contributed by atoms with E-state index in [-0.39, 0.29) is 17.7 Å². The quantitative estimate of drug-likeness (QED) is 0.0954. The molecule has 12 nitrogen and oxygen atoms in total. The zero-order valence-electron chi connectivity index (χ0n) is 18.6. The number of aromatic carboxylic acids is 1. The van der Waals surface area contributed by atoms with Gasteiger partial charge >= 0.3 is 11.9 Å². The molecule has 0 heterocycles. The Labute approximate surface area is 191 Å². The monoisotopic (exact) mass is 477 g/mol. The van der Waals surface area contributed by atoms with Crippen LogP contribution < -0.4 is 5.73 Å². The van der Waals surface area contributed by atoms with E-state index in [0.29, 0.717) is 5.69 Å².